The standard InChI is InChI=1S/C18H18BrNO4S/c1-23-14-6-2-12(3-7-14)10-20(13-4-5-13)17(21)11-24-18(22)15-8-9-16(19)25-15/h2-3,6-9,13H,4-5,10-11H2,1H3. The van der Waals surface area contributed by atoms with Crippen molar-refractivity contribution in [2.45, 2.75) is 25.4 Å². The fourth-order valence-electron chi connectivity index (χ4n) is 2.44. The van der Waals surface area contributed by atoms with E-state index in [0.29, 0.717) is 11.4 Å². The summed E-state index contributed by atoms with van der Waals surface area (Å²) >= 11 is 4.59. The Balaban J connectivity index is 1.58. The molecule has 0 atom stereocenters. The second kappa shape index (κ2) is 8.01. The van der Waals surface area contributed by atoms with Gasteiger partial charge in [0, 0.05) is 12.6 Å². The minimum absolute atomic E-state index is 0.165. The molecule has 7 heteroatoms. The normalized spacial score (nSPS) is 13.4. The number of esters is 1. The van der Waals surface area contributed by atoms with Gasteiger partial charge in [0.25, 0.3) is 5.91 Å². The molecule has 0 unspecified atom stereocenters. The van der Waals surface area contributed by atoms with Gasteiger partial charge >= 0.3 is 5.97 Å². The third-order valence-corrected chi connectivity index (χ3v) is 5.52. The average Bonchev–Trinajstić information content (AvgIpc) is 3.38. The SMILES string of the molecule is COc1ccc(CN(C(=O)COC(=O)c2ccc(Br)s2)C2CC2)cc1. The average molecular weight is 424 g/mol. The number of amides is 1. The van der Waals surface area contributed by atoms with E-state index in [1.807, 2.05) is 24.3 Å². The van der Waals surface area contributed by atoms with Crippen molar-refractivity contribution in [3.63, 3.8) is 0 Å². The molecule has 1 aliphatic rings. The van der Waals surface area contributed by atoms with Crippen LogP contribution in [0.25, 0.3) is 0 Å². The molecule has 132 valence electrons. The van der Waals surface area contributed by atoms with E-state index in [1.165, 1.54) is 11.3 Å². The van der Waals surface area contributed by atoms with Crippen LogP contribution in [0.1, 0.15) is 28.1 Å². The first-order valence-corrected chi connectivity index (χ1v) is 9.52. The molecule has 0 bridgehead atoms. The number of hydrogen-bond acceptors (Lipinski definition) is 5. The van der Waals surface area contributed by atoms with E-state index in [-0.39, 0.29) is 18.6 Å². The van der Waals surface area contributed by atoms with Gasteiger partial charge in [0.2, 0.25) is 0 Å². The molecule has 2 aromatic rings. The Bertz CT molecular complexity index is 755. The minimum Gasteiger partial charge on any atom is -0.497 e. The van der Waals surface area contributed by atoms with Crippen molar-refractivity contribution in [1.82, 2.24) is 4.90 Å². The van der Waals surface area contributed by atoms with Gasteiger partial charge in [-0.05, 0) is 58.6 Å². The predicted molar refractivity (Wildman–Crippen MR) is 98.9 cm³/mol. The highest BCUT2D eigenvalue weighted by Gasteiger charge is 2.33. The number of thiophene rings is 1. The molecular weight excluding hydrogens is 406 g/mol. The van der Waals surface area contributed by atoms with E-state index in [9.17, 15) is 9.59 Å². The van der Waals surface area contributed by atoms with Crippen LogP contribution in [0.2, 0.25) is 0 Å². The number of nitrogens with zero attached hydrogens (tertiary/aromatic N) is 1. The molecule has 1 fully saturated rings. The molecule has 25 heavy (non-hydrogen) atoms. The predicted octanol–water partition coefficient (Wildman–Crippen LogP) is 3.87. The van der Waals surface area contributed by atoms with E-state index >= 15 is 0 Å². The molecule has 3 rings (SSSR count). The first-order valence-electron chi connectivity index (χ1n) is 7.91. The van der Waals surface area contributed by atoms with Gasteiger partial charge in [-0.1, -0.05) is 12.1 Å². The molecule has 1 aromatic heterocycles. The number of hydrogen-bond donors (Lipinski definition) is 0. The van der Waals surface area contributed by atoms with E-state index in [0.717, 1.165) is 27.9 Å². The summed E-state index contributed by atoms with van der Waals surface area (Å²) in [6.07, 6.45) is 1.99. The van der Waals surface area contributed by atoms with Crippen LogP contribution >= 0.6 is 27.3 Å². The van der Waals surface area contributed by atoms with Crippen molar-refractivity contribution in [3.8, 4) is 5.75 Å². The van der Waals surface area contributed by atoms with Crippen LogP contribution in [0.3, 0.4) is 0 Å². The summed E-state index contributed by atoms with van der Waals surface area (Å²) in [5.74, 6) is 0.149. The van der Waals surface area contributed by atoms with Gasteiger partial charge < -0.3 is 14.4 Å². The van der Waals surface area contributed by atoms with Crippen molar-refractivity contribution in [2.75, 3.05) is 13.7 Å². The van der Waals surface area contributed by atoms with Crippen LogP contribution in [0, 0.1) is 0 Å². The molecule has 1 amide bonds. The Morgan fingerprint density at radius 1 is 1.20 bits per heavy atom. The highest BCUT2D eigenvalue weighted by Crippen LogP contribution is 2.29. The summed E-state index contributed by atoms with van der Waals surface area (Å²) in [7, 11) is 1.62. The van der Waals surface area contributed by atoms with Crippen LogP contribution < -0.4 is 4.74 Å². The van der Waals surface area contributed by atoms with Crippen LogP contribution in [0.4, 0.5) is 0 Å². The van der Waals surface area contributed by atoms with Crippen molar-refractivity contribution in [1.29, 1.82) is 0 Å². The number of carbonyl (C=O) groups excluding carboxylic acids is 2. The fourth-order valence-corrected chi connectivity index (χ4v) is 3.72. The number of halogens is 1. The first-order chi connectivity index (χ1) is 12.1. The molecule has 1 saturated carbocycles. The van der Waals surface area contributed by atoms with E-state index < -0.39 is 5.97 Å². The topological polar surface area (TPSA) is 55.8 Å². The zero-order valence-corrected chi connectivity index (χ0v) is 16.1. The first kappa shape index (κ1) is 17.9. The maximum Gasteiger partial charge on any atom is 0.348 e. The third-order valence-electron chi connectivity index (χ3n) is 3.92. The van der Waals surface area contributed by atoms with Crippen molar-refractivity contribution >= 4 is 39.1 Å². The van der Waals surface area contributed by atoms with Gasteiger partial charge in [0.15, 0.2) is 6.61 Å². The van der Waals surface area contributed by atoms with Gasteiger partial charge in [-0.15, -0.1) is 11.3 Å². The van der Waals surface area contributed by atoms with Gasteiger partial charge in [-0.2, -0.15) is 0 Å². The van der Waals surface area contributed by atoms with Crippen LogP contribution in [-0.2, 0) is 16.1 Å². The lowest BCUT2D eigenvalue weighted by atomic mass is 10.2. The van der Waals surface area contributed by atoms with Crippen LogP contribution in [0.15, 0.2) is 40.2 Å². The summed E-state index contributed by atoms with van der Waals surface area (Å²) in [6.45, 7) is 0.274. The van der Waals surface area contributed by atoms with Crippen molar-refractivity contribution in [3.05, 3.63) is 50.6 Å². The van der Waals surface area contributed by atoms with Crippen molar-refractivity contribution in [2.24, 2.45) is 0 Å². The number of rotatable bonds is 7. The lowest BCUT2D eigenvalue weighted by Gasteiger charge is -2.22. The summed E-state index contributed by atoms with van der Waals surface area (Å²) in [4.78, 5) is 26.8. The van der Waals surface area contributed by atoms with E-state index in [4.69, 9.17) is 9.47 Å². The zero-order chi connectivity index (χ0) is 17.8. The monoisotopic (exact) mass is 423 g/mol. The molecule has 0 spiro atoms. The molecule has 5 nitrogen and oxygen atoms in total. The molecule has 1 heterocycles. The Hall–Kier alpha value is -1.86. The van der Waals surface area contributed by atoms with Crippen LogP contribution in [-0.4, -0.2) is 36.5 Å². The van der Waals surface area contributed by atoms with E-state index in [1.54, 1.807) is 24.1 Å². The second-order valence-corrected chi connectivity index (χ2v) is 8.24. The maximum absolute atomic E-state index is 12.5. The largest absolute Gasteiger partial charge is 0.497 e. The lowest BCUT2D eigenvalue weighted by Crippen LogP contribution is -2.36. The van der Waals surface area contributed by atoms with Crippen molar-refractivity contribution < 1.29 is 19.1 Å². The quantitative estimate of drug-likeness (QED) is 0.634. The summed E-state index contributed by atoms with van der Waals surface area (Å²) < 4.78 is 11.2. The van der Waals surface area contributed by atoms with Gasteiger partial charge in [-0.3, -0.25) is 4.79 Å². The minimum atomic E-state index is -0.468. The smallest absolute Gasteiger partial charge is 0.348 e. The zero-order valence-electron chi connectivity index (χ0n) is 13.7. The molecular formula is C18H18BrNO4S. The Morgan fingerprint density at radius 2 is 1.92 bits per heavy atom. The van der Waals surface area contributed by atoms with Gasteiger partial charge in [0.05, 0.1) is 10.9 Å². The summed E-state index contributed by atoms with van der Waals surface area (Å²) in [5.41, 5.74) is 1.02. The Kier molecular flexibility index (Phi) is 5.75. The molecule has 0 saturated heterocycles. The molecule has 1 aliphatic carbocycles. The number of methoxy groups -OCH3 is 1. The Labute approximate surface area is 158 Å². The molecule has 1 aromatic carbocycles. The highest BCUT2D eigenvalue weighted by molar-refractivity contribution is 9.11. The lowest BCUT2D eigenvalue weighted by molar-refractivity contribution is -0.135. The fraction of sp³-hybridized carbons (Fsp3) is 0.333. The number of carbonyl (C=O) groups is 2. The second-order valence-electron chi connectivity index (χ2n) is 5.78. The maximum atomic E-state index is 12.5. The summed E-state index contributed by atoms with van der Waals surface area (Å²) in [5, 5.41) is 0. The third kappa shape index (κ3) is 4.83. The molecule has 0 radical (unpaired) electrons. The van der Waals surface area contributed by atoms with Gasteiger partial charge in [-0.25, -0.2) is 4.79 Å². The van der Waals surface area contributed by atoms with Crippen LogP contribution in [0.5, 0.6) is 5.75 Å². The van der Waals surface area contributed by atoms with E-state index in [2.05, 4.69) is 15.9 Å². The summed E-state index contributed by atoms with van der Waals surface area (Å²) in [6, 6.07) is 11.3. The molecule has 0 N–H and O–H groups in total. The van der Waals surface area contributed by atoms with Gasteiger partial charge in [0.1, 0.15) is 10.6 Å². The highest BCUT2D eigenvalue weighted by atomic mass is 79.9. The number of benzene rings is 1. The number of ether oxygens (including phenoxy) is 2. The molecule has 0 aliphatic heterocycles. The Morgan fingerprint density at radius 3 is 2.48 bits per heavy atom.